The van der Waals surface area contributed by atoms with Crippen molar-refractivity contribution in [1.82, 2.24) is 19.9 Å². The molecule has 7 nitrogen and oxygen atoms in total. The van der Waals surface area contributed by atoms with Crippen molar-refractivity contribution >= 4 is 18.3 Å². The molecule has 0 saturated carbocycles. The van der Waals surface area contributed by atoms with E-state index in [-0.39, 0.29) is 30.5 Å². The number of carbonyl (C=O) groups is 1. The predicted octanol–water partition coefficient (Wildman–Crippen LogP) is 2.85. The normalized spacial score (nSPS) is 19.0. The van der Waals surface area contributed by atoms with Crippen molar-refractivity contribution in [1.29, 1.82) is 0 Å². The first-order chi connectivity index (χ1) is 12.9. The highest BCUT2D eigenvalue weighted by atomic mass is 35.5. The van der Waals surface area contributed by atoms with Crippen molar-refractivity contribution in [2.75, 3.05) is 13.1 Å². The largest absolute Gasteiger partial charge is 0.491 e. The number of benzene rings is 1. The molecule has 2 N–H and O–H groups in total. The van der Waals surface area contributed by atoms with E-state index < -0.39 is 0 Å². The van der Waals surface area contributed by atoms with E-state index in [1.54, 1.807) is 4.68 Å². The van der Waals surface area contributed by atoms with Crippen LogP contribution in [0.3, 0.4) is 0 Å². The number of halogens is 1. The smallest absolute Gasteiger partial charge is 0.276 e. The van der Waals surface area contributed by atoms with E-state index in [4.69, 9.17) is 10.5 Å². The Labute approximate surface area is 172 Å². The number of ether oxygens (including phenoxy) is 1. The van der Waals surface area contributed by atoms with Crippen molar-refractivity contribution < 1.29 is 9.53 Å². The van der Waals surface area contributed by atoms with E-state index in [1.165, 1.54) is 0 Å². The molecule has 1 aromatic carbocycles. The van der Waals surface area contributed by atoms with Crippen LogP contribution in [0.1, 0.15) is 50.3 Å². The van der Waals surface area contributed by atoms with Gasteiger partial charge in [0, 0.05) is 12.6 Å². The van der Waals surface area contributed by atoms with Crippen LogP contribution in [-0.4, -0.2) is 51.0 Å². The summed E-state index contributed by atoms with van der Waals surface area (Å²) in [6.45, 7) is 9.36. The molecule has 1 aliphatic heterocycles. The SMILES string of the molecule is CCc1c(C(=O)N2CC(CN)CC2C)nnn1-c1ccc(OC(C)C)cc1.Cl. The van der Waals surface area contributed by atoms with Crippen molar-refractivity contribution in [3.8, 4) is 11.4 Å². The van der Waals surface area contributed by atoms with Crippen LogP contribution in [0.2, 0.25) is 0 Å². The summed E-state index contributed by atoms with van der Waals surface area (Å²) < 4.78 is 7.43. The summed E-state index contributed by atoms with van der Waals surface area (Å²) in [5.74, 6) is 1.11. The Morgan fingerprint density at radius 3 is 2.54 bits per heavy atom. The molecule has 1 saturated heterocycles. The molecule has 0 spiro atoms. The second-order valence-corrected chi connectivity index (χ2v) is 7.45. The third-order valence-electron chi connectivity index (χ3n) is 5.01. The molecule has 1 fully saturated rings. The number of aromatic nitrogens is 3. The van der Waals surface area contributed by atoms with Crippen LogP contribution in [0.4, 0.5) is 0 Å². The minimum absolute atomic E-state index is 0. The van der Waals surface area contributed by atoms with E-state index in [2.05, 4.69) is 17.2 Å². The zero-order chi connectivity index (χ0) is 19.6. The fraction of sp³-hybridized carbons (Fsp3) is 0.550. The molecule has 2 aromatic rings. The van der Waals surface area contributed by atoms with Gasteiger partial charge in [0.15, 0.2) is 5.69 Å². The summed E-state index contributed by atoms with van der Waals surface area (Å²) in [6.07, 6.45) is 1.73. The molecule has 2 heterocycles. The summed E-state index contributed by atoms with van der Waals surface area (Å²) in [4.78, 5) is 14.9. The number of likely N-dealkylation sites (tertiary alicyclic amines) is 1. The van der Waals surface area contributed by atoms with Gasteiger partial charge in [-0.25, -0.2) is 4.68 Å². The highest BCUT2D eigenvalue weighted by molar-refractivity contribution is 5.93. The molecule has 3 rings (SSSR count). The van der Waals surface area contributed by atoms with Gasteiger partial charge in [-0.1, -0.05) is 12.1 Å². The number of carbonyl (C=O) groups excluding carboxylic acids is 1. The lowest BCUT2D eigenvalue weighted by atomic mass is 10.1. The van der Waals surface area contributed by atoms with Crippen LogP contribution >= 0.6 is 12.4 Å². The van der Waals surface area contributed by atoms with Crippen molar-refractivity contribution in [3.05, 3.63) is 35.7 Å². The number of hydrogen-bond donors (Lipinski definition) is 1. The van der Waals surface area contributed by atoms with Gasteiger partial charge in [-0.3, -0.25) is 4.79 Å². The zero-order valence-corrected chi connectivity index (χ0v) is 17.8. The molecule has 1 aromatic heterocycles. The maximum absolute atomic E-state index is 13.1. The molecule has 2 atom stereocenters. The van der Waals surface area contributed by atoms with Gasteiger partial charge in [-0.2, -0.15) is 0 Å². The predicted molar refractivity (Wildman–Crippen MR) is 111 cm³/mol. The Kier molecular flexibility index (Phi) is 7.43. The van der Waals surface area contributed by atoms with Gasteiger partial charge in [-0.15, -0.1) is 17.5 Å². The van der Waals surface area contributed by atoms with Gasteiger partial charge in [-0.05, 0) is 70.3 Å². The minimum atomic E-state index is -0.0543. The monoisotopic (exact) mass is 407 g/mol. The molecule has 1 aliphatic rings. The Balaban J connectivity index is 0.00000280. The Hall–Kier alpha value is -2.12. The molecular formula is C20H30ClN5O2. The van der Waals surface area contributed by atoms with Crippen LogP contribution in [0.15, 0.2) is 24.3 Å². The van der Waals surface area contributed by atoms with Crippen LogP contribution < -0.4 is 10.5 Å². The topological polar surface area (TPSA) is 86.3 Å². The highest BCUT2D eigenvalue weighted by Crippen LogP contribution is 2.25. The third kappa shape index (κ3) is 4.47. The van der Waals surface area contributed by atoms with E-state index in [9.17, 15) is 4.79 Å². The first kappa shape index (κ1) is 22.2. The molecule has 28 heavy (non-hydrogen) atoms. The van der Waals surface area contributed by atoms with Gasteiger partial charge in [0.25, 0.3) is 5.91 Å². The van der Waals surface area contributed by atoms with Gasteiger partial charge in [0.2, 0.25) is 0 Å². The Morgan fingerprint density at radius 2 is 2.00 bits per heavy atom. The number of nitrogens with two attached hydrogens (primary N) is 1. The lowest BCUT2D eigenvalue weighted by Crippen LogP contribution is -2.35. The molecule has 1 amide bonds. The Morgan fingerprint density at radius 1 is 1.32 bits per heavy atom. The third-order valence-corrected chi connectivity index (χ3v) is 5.01. The highest BCUT2D eigenvalue weighted by Gasteiger charge is 2.34. The number of rotatable bonds is 6. The van der Waals surface area contributed by atoms with Crippen LogP contribution in [-0.2, 0) is 6.42 Å². The molecule has 154 valence electrons. The average Bonchev–Trinajstić information content (AvgIpc) is 3.24. The van der Waals surface area contributed by atoms with Crippen LogP contribution in [0, 0.1) is 5.92 Å². The number of hydrogen-bond acceptors (Lipinski definition) is 5. The average molecular weight is 408 g/mol. The van der Waals surface area contributed by atoms with Crippen LogP contribution in [0.25, 0.3) is 5.69 Å². The fourth-order valence-corrected chi connectivity index (χ4v) is 3.66. The van der Waals surface area contributed by atoms with E-state index in [0.717, 1.165) is 23.6 Å². The van der Waals surface area contributed by atoms with Gasteiger partial charge in [0.05, 0.1) is 17.5 Å². The first-order valence-corrected chi connectivity index (χ1v) is 9.67. The van der Waals surface area contributed by atoms with Gasteiger partial charge in [0.1, 0.15) is 5.75 Å². The molecule has 0 radical (unpaired) electrons. The van der Waals surface area contributed by atoms with E-state index in [0.29, 0.717) is 31.1 Å². The standard InChI is InChI=1S/C20H29N5O2.ClH/c1-5-18-19(20(26)24-12-15(11-21)10-14(24)4)22-23-25(18)16-6-8-17(9-7-16)27-13(2)3;/h6-9,13-15H,5,10-12,21H2,1-4H3;1H. The summed E-state index contributed by atoms with van der Waals surface area (Å²) in [7, 11) is 0. The molecular weight excluding hydrogens is 378 g/mol. The minimum Gasteiger partial charge on any atom is -0.491 e. The van der Waals surface area contributed by atoms with Crippen molar-refractivity contribution in [2.45, 2.75) is 52.7 Å². The van der Waals surface area contributed by atoms with Crippen molar-refractivity contribution in [3.63, 3.8) is 0 Å². The van der Waals surface area contributed by atoms with Crippen LogP contribution in [0.5, 0.6) is 5.75 Å². The maximum Gasteiger partial charge on any atom is 0.276 e. The number of nitrogens with zero attached hydrogens (tertiary/aromatic N) is 4. The Bertz CT molecular complexity index is 790. The lowest BCUT2D eigenvalue weighted by Gasteiger charge is -2.20. The van der Waals surface area contributed by atoms with E-state index >= 15 is 0 Å². The zero-order valence-electron chi connectivity index (χ0n) is 17.0. The maximum atomic E-state index is 13.1. The van der Waals surface area contributed by atoms with Gasteiger partial charge >= 0.3 is 0 Å². The second-order valence-electron chi connectivity index (χ2n) is 7.45. The molecule has 0 aliphatic carbocycles. The summed E-state index contributed by atoms with van der Waals surface area (Å²) >= 11 is 0. The van der Waals surface area contributed by atoms with Gasteiger partial charge < -0.3 is 15.4 Å². The summed E-state index contributed by atoms with van der Waals surface area (Å²) in [5.41, 5.74) is 7.91. The fourth-order valence-electron chi connectivity index (χ4n) is 3.66. The number of amides is 1. The molecule has 0 bridgehead atoms. The quantitative estimate of drug-likeness (QED) is 0.795. The molecule has 8 heteroatoms. The molecule has 2 unspecified atom stereocenters. The lowest BCUT2D eigenvalue weighted by molar-refractivity contribution is 0.0736. The summed E-state index contributed by atoms with van der Waals surface area (Å²) in [5, 5.41) is 8.48. The first-order valence-electron chi connectivity index (χ1n) is 9.67. The second kappa shape index (κ2) is 9.39. The van der Waals surface area contributed by atoms with Crippen molar-refractivity contribution in [2.24, 2.45) is 11.7 Å². The summed E-state index contributed by atoms with van der Waals surface area (Å²) in [6, 6.07) is 7.86. The van der Waals surface area contributed by atoms with E-state index in [1.807, 2.05) is 49.9 Å².